The van der Waals surface area contributed by atoms with Gasteiger partial charge in [0.15, 0.2) is 11.3 Å². The second-order valence-electron chi connectivity index (χ2n) is 7.58. The number of aryl methyl sites for hydroxylation is 1. The highest BCUT2D eigenvalue weighted by Crippen LogP contribution is 2.32. The summed E-state index contributed by atoms with van der Waals surface area (Å²) in [5, 5.41) is 6.66. The van der Waals surface area contributed by atoms with Crippen molar-refractivity contribution < 1.29 is 18.0 Å². The molecule has 32 heavy (non-hydrogen) atoms. The summed E-state index contributed by atoms with van der Waals surface area (Å²) in [6.07, 6.45) is -2.07. The Morgan fingerprint density at radius 2 is 1.72 bits per heavy atom. The Morgan fingerprint density at radius 3 is 2.38 bits per heavy atom. The van der Waals surface area contributed by atoms with Crippen LogP contribution in [0.2, 0.25) is 0 Å². The van der Waals surface area contributed by atoms with E-state index in [1.807, 2.05) is 37.3 Å². The minimum Gasteiger partial charge on any atom is -0.349 e. The van der Waals surface area contributed by atoms with Gasteiger partial charge in [0.1, 0.15) is 5.56 Å². The minimum atomic E-state index is -4.66. The first-order valence-corrected chi connectivity index (χ1v) is 10.2. The van der Waals surface area contributed by atoms with Crippen LogP contribution in [0, 0.1) is 0 Å². The fourth-order valence-corrected chi connectivity index (χ4v) is 3.48. The van der Waals surface area contributed by atoms with Crippen LogP contribution < -0.4 is 5.32 Å². The van der Waals surface area contributed by atoms with E-state index in [9.17, 15) is 18.0 Å². The van der Waals surface area contributed by atoms with Gasteiger partial charge in [-0.3, -0.25) is 4.79 Å². The van der Waals surface area contributed by atoms with E-state index >= 15 is 0 Å². The monoisotopic (exact) mass is 438 g/mol. The number of alkyl halides is 3. The molecule has 0 aliphatic heterocycles. The molecular weight excluding hydrogens is 417 g/mol. The van der Waals surface area contributed by atoms with Gasteiger partial charge in [-0.2, -0.15) is 18.3 Å². The highest BCUT2D eigenvalue weighted by atomic mass is 19.4. The van der Waals surface area contributed by atoms with Crippen LogP contribution in [0.3, 0.4) is 0 Å². The van der Waals surface area contributed by atoms with Crippen LogP contribution >= 0.6 is 0 Å². The summed E-state index contributed by atoms with van der Waals surface area (Å²) in [5.41, 5.74) is 0.666. The van der Waals surface area contributed by atoms with Crippen molar-refractivity contribution in [3.63, 3.8) is 0 Å². The first kappa shape index (κ1) is 21.5. The SMILES string of the molecule is C[C@@H](CCc1ccccc1)NC(=O)c1cnn2c(C(F)(F)F)cc(-c3ccccc3)nc12. The van der Waals surface area contributed by atoms with Crippen LogP contribution in [0.5, 0.6) is 0 Å². The Balaban J connectivity index is 1.63. The quantitative estimate of drug-likeness (QED) is 0.452. The smallest absolute Gasteiger partial charge is 0.349 e. The number of amides is 1. The molecule has 0 aliphatic rings. The van der Waals surface area contributed by atoms with E-state index < -0.39 is 17.8 Å². The fraction of sp³-hybridized carbons (Fsp3) is 0.208. The van der Waals surface area contributed by atoms with Crippen molar-refractivity contribution in [2.45, 2.75) is 32.0 Å². The van der Waals surface area contributed by atoms with Crippen LogP contribution in [-0.4, -0.2) is 26.5 Å². The topological polar surface area (TPSA) is 59.3 Å². The molecule has 164 valence electrons. The molecular formula is C24H21F3N4O. The lowest BCUT2D eigenvalue weighted by Crippen LogP contribution is -2.33. The van der Waals surface area contributed by atoms with E-state index in [1.54, 1.807) is 30.3 Å². The first-order valence-electron chi connectivity index (χ1n) is 10.2. The third-order valence-electron chi connectivity index (χ3n) is 5.16. The van der Waals surface area contributed by atoms with E-state index in [0.717, 1.165) is 24.2 Å². The second kappa shape index (κ2) is 8.82. The van der Waals surface area contributed by atoms with Crippen molar-refractivity contribution in [3.8, 4) is 11.3 Å². The Bertz CT molecular complexity index is 1220. The molecule has 0 bridgehead atoms. The molecule has 0 unspecified atom stereocenters. The summed E-state index contributed by atoms with van der Waals surface area (Å²) in [5.74, 6) is -0.508. The van der Waals surface area contributed by atoms with Gasteiger partial charge in [-0.1, -0.05) is 60.7 Å². The van der Waals surface area contributed by atoms with Crippen molar-refractivity contribution >= 4 is 11.6 Å². The summed E-state index contributed by atoms with van der Waals surface area (Å²) in [4.78, 5) is 17.2. The van der Waals surface area contributed by atoms with Gasteiger partial charge in [0.2, 0.25) is 0 Å². The summed E-state index contributed by atoms with van der Waals surface area (Å²) in [6, 6.07) is 19.1. The maximum absolute atomic E-state index is 13.7. The Morgan fingerprint density at radius 1 is 1.06 bits per heavy atom. The molecule has 0 aliphatic carbocycles. The largest absolute Gasteiger partial charge is 0.433 e. The van der Waals surface area contributed by atoms with Crippen molar-refractivity contribution in [2.75, 3.05) is 0 Å². The number of halogens is 3. The van der Waals surface area contributed by atoms with Crippen molar-refractivity contribution in [1.82, 2.24) is 19.9 Å². The average molecular weight is 438 g/mol. The van der Waals surface area contributed by atoms with Crippen LogP contribution in [0.15, 0.2) is 72.9 Å². The van der Waals surface area contributed by atoms with Crippen molar-refractivity contribution in [2.24, 2.45) is 0 Å². The molecule has 2 heterocycles. The average Bonchev–Trinajstić information content (AvgIpc) is 3.22. The zero-order valence-corrected chi connectivity index (χ0v) is 17.3. The molecule has 8 heteroatoms. The lowest BCUT2D eigenvalue weighted by atomic mass is 10.1. The predicted molar refractivity (Wildman–Crippen MR) is 115 cm³/mol. The van der Waals surface area contributed by atoms with Crippen molar-refractivity contribution in [3.05, 3.63) is 89.7 Å². The number of hydrogen-bond acceptors (Lipinski definition) is 3. The number of rotatable bonds is 6. The van der Waals surface area contributed by atoms with E-state index in [-0.39, 0.29) is 22.9 Å². The van der Waals surface area contributed by atoms with E-state index in [0.29, 0.717) is 16.5 Å². The molecule has 5 nitrogen and oxygen atoms in total. The van der Waals surface area contributed by atoms with Gasteiger partial charge in [0, 0.05) is 11.6 Å². The lowest BCUT2D eigenvalue weighted by Gasteiger charge is -2.14. The van der Waals surface area contributed by atoms with E-state index in [2.05, 4.69) is 15.4 Å². The molecule has 4 aromatic rings. The number of carbonyl (C=O) groups is 1. The maximum atomic E-state index is 13.7. The Labute approximate surface area is 182 Å². The summed E-state index contributed by atoms with van der Waals surface area (Å²) in [7, 11) is 0. The molecule has 0 fully saturated rings. The van der Waals surface area contributed by atoms with Gasteiger partial charge < -0.3 is 5.32 Å². The molecule has 0 radical (unpaired) electrons. The minimum absolute atomic E-state index is 0.000146. The van der Waals surface area contributed by atoms with Crippen molar-refractivity contribution in [1.29, 1.82) is 0 Å². The number of carbonyl (C=O) groups excluding carboxylic acids is 1. The van der Waals surface area contributed by atoms with Gasteiger partial charge in [0.25, 0.3) is 5.91 Å². The van der Waals surface area contributed by atoms with Gasteiger partial charge in [-0.25, -0.2) is 9.50 Å². The number of nitrogens with one attached hydrogen (secondary N) is 1. The van der Waals surface area contributed by atoms with Gasteiger partial charge >= 0.3 is 6.18 Å². The maximum Gasteiger partial charge on any atom is 0.433 e. The molecule has 4 rings (SSSR count). The third-order valence-corrected chi connectivity index (χ3v) is 5.16. The van der Waals surface area contributed by atoms with Gasteiger partial charge in [0.05, 0.1) is 11.9 Å². The normalized spacial score (nSPS) is 12.6. The highest BCUT2D eigenvalue weighted by molar-refractivity contribution is 6.00. The summed E-state index contributed by atoms with van der Waals surface area (Å²) in [6.45, 7) is 1.86. The fourth-order valence-electron chi connectivity index (χ4n) is 3.48. The van der Waals surface area contributed by atoms with Crippen LogP contribution in [0.1, 0.15) is 35.0 Å². The predicted octanol–water partition coefficient (Wildman–Crippen LogP) is 5.17. The first-order chi connectivity index (χ1) is 15.3. The summed E-state index contributed by atoms with van der Waals surface area (Å²) >= 11 is 0. The molecule has 2 aromatic carbocycles. The molecule has 0 saturated carbocycles. The van der Waals surface area contributed by atoms with E-state index in [1.165, 1.54) is 0 Å². The number of benzene rings is 2. The molecule has 0 saturated heterocycles. The Kier molecular flexibility index (Phi) is 5.94. The molecule has 2 aromatic heterocycles. The van der Waals surface area contributed by atoms with Crippen LogP contribution in [-0.2, 0) is 12.6 Å². The molecule has 0 spiro atoms. The Hall–Kier alpha value is -3.68. The standard InChI is InChI=1S/C24H21F3N4O/c1-16(12-13-17-8-4-2-5-9-17)29-23(32)19-15-28-31-21(24(25,26)27)14-20(30-22(19)31)18-10-6-3-7-11-18/h2-11,14-16H,12-13H2,1H3,(H,29,32)/t16-/m0/s1. The third kappa shape index (κ3) is 4.64. The number of aromatic nitrogens is 3. The second-order valence-corrected chi connectivity index (χ2v) is 7.58. The number of hydrogen-bond donors (Lipinski definition) is 1. The molecule has 1 N–H and O–H groups in total. The van der Waals surface area contributed by atoms with Crippen LogP contribution in [0.4, 0.5) is 13.2 Å². The number of nitrogens with zero attached hydrogens (tertiary/aromatic N) is 3. The van der Waals surface area contributed by atoms with Gasteiger partial charge in [-0.05, 0) is 31.4 Å². The highest BCUT2D eigenvalue weighted by Gasteiger charge is 2.36. The molecule has 1 amide bonds. The lowest BCUT2D eigenvalue weighted by molar-refractivity contribution is -0.142. The summed E-state index contributed by atoms with van der Waals surface area (Å²) < 4.78 is 41.8. The van der Waals surface area contributed by atoms with Gasteiger partial charge in [-0.15, -0.1) is 0 Å². The molecule has 1 atom stereocenters. The zero-order valence-electron chi connectivity index (χ0n) is 17.3. The van der Waals surface area contributed by atoms with Crippen LogP contribution in [0.25, 0.3) is 16.9 Å². The zero-order chi connectivity index (χ0) is 22.7. The van der Waals surface area contributed by atoms with E-state index in [4.69, 9.17) is 0 Å². The number of fused-ring (bicyclic) bond motifs is 1.